The number of rotatable bonds is 5. The lowest BCUT2D eigenvalue weighted by molar-refractivity contribution is 0.0383. The number of carbonyl (C=O) groups excluding carboxylic acids is 1. The molecule has 0 bridgehead atoms. The van der Waals surface area contributed by atoms with Gasteiger partial charge in [-0.3, -0.25) is 14.3 Å². The maximum absolute atomic E-state index is 12.5. The molecule has 0 atom stereocenters. The highest BCUT2D eigenvalue weighted by atomic mass is 16.5. The SMILES string of the molecule is Cc1cccc(-n2c(C)nc3cc(C(=O)NCCN4CCOCC4)ccc32)c1. The average Bonchev–Trinajstić information content (AvgIpc) is 3.03. The number of nitrogens with zero attached hydrogens (tertiary/aromatic N) is 3. The lowest BCUT2D eigenvalue weighted by Gasteiger charge is -2.26. The molecule has 1 amide bonds. The van der Waals surface area contributed by atoms with Gasteiger partial charge in [-0.25, -0.2) is 4.98 Å². The van der Waals surface area contributed by atoms with Crippen LogP contribution in [0.25, 0.3) is 16.7 Å². The summed E-state index contributed by atoms with van der Waals surface area (Å²) < 4.78 is 7.48. The van der Waals surface area contributed by atoms with Crippen molar-refractivity contribution in [1.29, 1.82) is 0 Å². The Morgan fingerprint density at radius 3 is 2.75 bits per heavy atom. The molecule has 4 rings (SSSR count). The summed E-state index contributed by atoms with van der Waals surface area (Å²) in [6, 6.07) is 14.1. The van der Waals surface area contributed by atoms with Crippen molar-refractivity contribution in [2.75, 3.05) is 39.4 Å². The molecule has 0 saturated carbocycles. The van der Waals surface area contributed by atoms with Gasteiger partial charge in [0.25, 0.3) is 5.91 Å². The second-order valence-electron chi connectivity index (χ2n) is 7.25. The predicted octanol–water partition coefficient (Wildman–Crippen LogP) is 2.70. The van der Waals surface area contributed by atoms with Gasteiger partial charge in [0, 0.05) is 37.4 Å². The first-order valence-corrected chi connectivity index (χ1v) is 9.76. The quantitative estimate of drug-likeness (QED) is 0.742. The minimum Gasteiger partial charge on any atom is -0.379 e. The summed E-state index contributed by atoms with van der Waals surface area (Å²) in [7, 11) is 0. The number of hydrogen-bond acceptors (Lipinski definition) is 4. The van der Waals surface area contributed by atoms with Crippen LogP contribution in [0, 0.1) is 13.8 Å². The number of benzene rings is 2. The average molecular weight is 378 g/mol. The molecule has 1 saturated heterocycles. The number of amides is 1. The largest absolute Gasteiger partial charge is 0.379 e. The van der Waals surface area contributed by atoms with Crippen molar-refractivity contribution < 1.29 is 9.53 Å². The highest BCUT2D eigenvalue weighted by Gasteiger charge is 2.14. The molecule has 1 aliphatic rings. The smallest absolute Gasteiger partial charge is 0.251 e. The molecule has 2 aromatic carbocycles. The Bertz CT molecular complexity index is 989. The Kier molecular flexibility index (Phi) is 5.41. The Morgan fingerprint density at radius 1 is 1.14 bits per heavy atom. The zero-order chi connectivity index (χ0) is 19.5. The van der Waals surface area contributed by atoms with Gasteiger partial charge in [-0.1, -0.05) is 12.1 Å². The fourth-order valence-corrected chi connectivity index (χ4v) is 3.69. The number of aryl methyl sites for hydroxylation is 2. The van der Waals surface area contributed by atoms with Crippen LogP contribution in [0.15, 0.2) is 42.5 Å². The molecule has 1 N–H and O–H groups in total. The van der Waals surface area contributed by atoms with Crippen molar-refractivity contribution in [2.45, 2.75) is 13.8 Å². The Hall–Kier alpha value is -2.70. The van der Waals surface area contributed by atoms with Gasteiger partial charge in [0.05, 0.1) is 24.2 Å². The van der Waals surface area contributed by atoms with E-state index < -0.39 is 0 Å². The molecule has 0 spiro atoms. The summed E-state index contributed by atoms with van der Waals surface area (Å²) >= 11 is 0. The van der Waals surface area contributed by atoms with Gasteiger partial charge in [-0.15, -0.1) is 0 Å². The summed E-state index contributed by atoms with van der Waals surface area (Å²) in [5, 5.41) is 3.02. The van der Waals surface area contributed by atoms with E-state index in [0.29, 0.717) is 12.1 Å². The fourth-order valence-electron chi connectivity index (χ4n) is 3.69. The third-order valence-corrected chi connectivity index (χ3v) is 5.16. The van der Waals surface area contributed by atoms with Crippen molar-refractivity contribution in [3.63, 3.8) is 0 Å². The highest BCUT2D eigenvalue weighted by Crippen LogP contribution is 2.23. The fraction of sp³-hybridized carbons (Fsp3) is 0.364. The van der Waals surface area contributed by atoms with Crippen LogP contribution in [0.2, 0.25) is 0 Å². The van der Waals surface area contributed by atoms with E-state index >= 15 is 0 Å². The zero-order valence-corrected chi connectivity index (χ0v) is 16.4. The number of nitrogens with one attached hydrogen (secondary N) is 1. The first kappa shape index (κ1) is 18.7. The number of hydrogen-bond donors (Lipinski definition) is 1. The lowest BCUT2D eigenvalue weighted by atomic mass is 10.1. The van der Waals surface area contributed by atoms with Crippen LogP contribution < -0.4 is 5.32 Å². The number of aromatic nitrogens is 2. The van der Waals surface area contributed by atoms with E-state index in [1.54, 1.807) is 0 Å². The van der Waals surface area contributed by atoms with E-state index in [4.69, 9.17) is 4.74 Å². The van der Waals surface area contributed by atoms with E-state index in [1.807, 2.05) is 31.2 Å². The Morgan fingerprint density at radius 2 is 1.96 bits per heavy atom. The van der Waals surface area contributed by atoms with Crippen LogP contribution >= 0.6 is 0 Å². The maximum Gasteiger partial charge on any atom is 0.251 e. The van der Waals surface area contributed by atoms with E-state index in [0.717, 1.165) is 55.4 Å². The summed E-state index contributed by atoms with van der Waals surface area (Å²) in [5.74, 6) is 0.850. The number of ether oxygens (including phenoxy) is 1. The van der Waals surface area contributed by atoms with Crippen molar-refractivity contribution in [2.24, 2.45) is 0 Å². The third kappa shape index (κ3) is 3.93. The molecule has 0 unspecified atom stereocenters. The monoisotopic (exact) mass is 378 g/mol. The molecular formula is C22H26N4O2. The van der Waals surface area contributed by atoms with Crippen LogP contribution in [0.4, 0.5) is 0 Å². The molecule has 1 aliphatic heterocycles. The zero-order valence-electron chi connectivity index (χ0n) is 16.4. The minimum atomic E-state index is -0.0575. The van der Waals surface area contributed by atoms with Crippen LogP contribution in [0.5, 0.6) is 0 Å². The minimum absolute atomic E-state index is 0.0575. The molecule has 1 fully saturated rings. The predicted molar refractivity (Wildman–Crippen MR) is 110 cm³/mol. The molecular weight excluding hydrogens is 352 g/mol. The number of imidazole rings is 1. The first-order chi connectivity index (χ1) is 13.6. The van der Waals surface area contributed by atoms with E-state index in [1.165, 1.54) is 5.56 Å². The third-order valence-electron chi connectivity index (χ3n) is 5.16. The molecule has 1 aromatic heterocycles. The second kappa shape index (κ2) is 8.12. The number of carbonyl (C=O) groups is 1. The summed E-state index contributed by atoms with van der Waals surface area (Å²) in [5.41, 5.74) is 4.77. The molecule has 6 nitrogen and oxygen atoms in total. The van der Waals surface area contributed by atoms with Crippen LogP contribution in [0.1, 0.15) is 21.7 Å². The van der Waals surface area contributed by atoms with Crippen molar-refractivity contribution in [1.82, 2.24) is 19.8 Å². The van der Waals surface area contributed by atoms with Gasteiger partial charge >= 0.3 is 0 Å². The molecule has 146 valence electrons. The topological polar surface area (TPSA) is 59.4 Å². The number of fused-ring (bicyclic) bond motifs is 1. The van der Waals surface area contributed by atoms with E-state index in [2.05, 4.69) is 44.9 Å². The molecule has 2 heterocycles. The van der Waals surface area contributed by atoms with Gasteiger partial charge in [0.1, 0.15) is 5.82 Å². The van der Waals surface area contributed by atoms with Crippen LogP contribution in [-0.4, -0.2) is 59.8 Å². The first-order valence-electron chi connectivity index (χ1n) is 9.76. The van der Waals surface area contributed by atoms with Gasteiger partial charge in [0.15, 0.2) is 0 Å². The Labute approximate surface area is 165 Å². The maximum atomic E-state index is 12.5. The summed E-state index contributed by atoms with van der Waals surface area (Å²) in [4.78, 5) is 19.5. The van der Waals surface area contributed by atoms with E-state index in [9.17, 15) is 4.79 Å². The van der Waals surface area contributed by atoms with Gasteiger partial charge in [-0.2, -0.15) is 0 Å². The second-order valence-corrected chi connectivity index (χ2v) is 7.25. The summed E-state index contributed by atoms with van der Waals surface area (Å²) in [6.07, 6.45) is 0. The number of morpholine rings is 1. The van der Waals surface area contributed by atoms with Crippen molar-refractivity contribution in [3.05, 3.63) is 59.4 Å². The van der Waals surface area contributed by atoms with Gasteiger partial charge in [0.2, 0.25) is 0 Å². The Balaban J connectivity index is 1.49. The van der Waals surface area contributed by atoms with Gasteiger partial charge < -0.3 is 10.1 Å². The van der Waals surface area contributed by atoms with Crippen LogP contribution in [0.3, 0.4) is 0 Å². The lowest BCUT2D eigenvalue weighted by Crippen LogP contribution is -2.41. The highest BCUT2D eigenvalue weighted by molar-refractivity contribution is 5.97. The normalized spacial score (nSPS) is 15.1. The standard InChI is InChI=1S/C22H26N4O2/c1-16-4-3-5-19(14-16)26-17(2)24-20-15-18(6-7-21(20)26)22(27)23-8-9-25-10-12-28-13-11-25/h3-7,14-15H,8-13H2,1-2H3,(H,23,27). The molecule has 0 aliphatic carbocycles. The molecule has 6 heteroatoms. The van der Waals surface area contributed by atoms with Gasteiger partial charge in [-0.05, 0) is 49.7 Å². The van der Waals surface area contributed by atoms with Crippen molar-refractivity contribution >= 4 is 16.9 Å². The molecule has 3 aromatic rings. The van der Waals surface area contributed by atoms with Crippen LogP contribution in [-0.2, 0) is 4.74 Å². The van der Waals surface area contributed by atoms with E-state index in [-0.39, 0.29) is 5.91 Å². The summed E-state index contributed by atoms with van der Waals surface area (Å²) in [6.45, 7) is 8.95. The molecule has 28 heavy (non-hydrogen) atoms. The van der Waals surface area contributed by atoms with Crippen molar-refractivity contribution in [3.8, 4) is 5.69 Å². The molecule has 0 radical (unpaired) electrons.